The lowest BCUT2D eigenvalue weighted by molar-refractivity contribution is 0.394. The van der Waals surface area contributed by atoms with E-state index in [4.69, 9.17) is 0 Å². The van der Waals surface area contributed by atoms with Crippen molar-refractivity contribution in [2.75, 3.05) is 0 Å². The van der Waals surface area contributed by atoms with Crippen molar-refractivity contribution >= 4 is 11.8 Å². The van der Waals surface area contributed by atoms with E-state index in [1.54, 1.807) is 11.8 Å². The summed E-state index contributed by atoms with van der Waals surface area (Å²) in [6, 6.07) is 0. The molecule has 1 N–H and O–H groups in total. The zero-order valence-electron chi connectivity index (χ0n) is 7.73. The summed E-state index contributed by atoms with van der Waals surface area (Å²) in [5, 5.41) is 15.4. The van der Waals surface area contributed by atoms with Gasteiger partial charge in [0.1, 0.15) is 0 Å². The second-order valence-corrected chi connectivity index (χ2v) is 4.97. The Kier molecular flexibility index (Phi) is 2.83. The van der Waals surface area contributed by atoms with Gasteiger partial charge in [-0.05, 0) is 24.0 Å². The fourth-order valence-corrected chi connectivity index (χ4v) is 3.03. The largest absolute Gasteiger partial charge is 0.231 e. The third-order valence-corrected chi connectivity index (χ3v) is 3.63. The molecule has 2 atom stereocenters. The first-order valence-electron chi connectivity index (χ1n) is 4.74. The Balaban J connectivity index is 1.87. The number of nitrogens with zero attached hydrogens (tertiary/aromatic N) is 3. The van der Waals surface area contributed by atoms with Crippen molar-refractivity contribution in [3.8, 4) is 0 Å². The van der Waals surface area contributed by atoms with Gasteiger partial charge < -0.3 is 0 Å². The number of aromatic amines is 1. The highest BCUT2D eigenvalue weighted by molar-refractivity contribution is 7.99. The summed E-state index contributed by atoms with van der Waals surface area (Å²) in [5.74, 6) is 0.859. The Morgan fingerprint density at radius 2 is 2.38 bits per heavy atom. The van der Waals surface area contributed by atoms with Crippen molar-refractivity contribution in [1.29, 1.82) is 0 Å². The molecule has 0 spiro atoms. The normalized spacial score (nSPS) is 29.0. The van der Waals surface area contributed by atoms with E-state index in [-0.39, 0.29) is 0 Å². The molecule has 0 aliphatic heterocycles. The van der Waals surface area contributed by atoms with E-state index >= 15 is 0 Å². The molecular formula is C8H14N4S. The van der Waals surface area contributed by atoms with Gasteiger partial charge in [-0.2, -0.15) is 5.21 Å². The van der Waals surface area contributed by atoms with E-state index in [1.807, 2.05) is 0 Å². The molecule has 1 heterocycles. The summed E-state index contributed by atoms with van der Waals surface area (Å²) < 4.78 is 0. The van der Waals surface area contributed by atoms with Crippen LogP contribution in [0.15, 0.2) is 5.16 Å². The zero-order valence-corrected chi connectivity index (χ0v) is 8.55. The van der Waals surface area contributed by atoms with Gasteiger partial charge in [-0.3, -0.25) is 0 Å². The molecule has 1 aliphatic rings. The molecule has 72 valence electrons. The predicted octanol–water partition coefficient (Wildman–Crippen LogP) is 1.87. The Hall–Kier alpha value is -0.580. The summed E-state index contributed by atoms with van der Waals surface area (Å²) >= 11 is 1.76. The van der Waals surface area contributed by atoms with E-state index in [0.29, 0.717) is 5.25 Å². The average molecular weight is 198 g/mol. The number of H-pyrrole nitrogens is 1. The van der Waals surface area contributed by atoms with Crippen molar-refractivity contribution in [3.05, 3.63) is 0 Å². The predicted molar refractivity (Wildman–Crippen MR) is 51.5 cm³/mol. The smallest absolute Gasteiger partial charge is 0.176 e. The van der Waals surface area contributed by atoms with Gasteiger partial charge in [-0.1, -0.05) is 31.5 Å². The molecule has 13 heavy (non-hydrogen) atoms. The van der Waals surface area contributed by atoms with E-state index in [1.165, 1.54) is 25.7 Å². The molecule has 1 aromatic rings. The fraction of sp³-hybridized carbons (Fsp3) is 0.875. The third kappa shape index (κ3) is 2.43. The van der Waals surface area contributed by atoms with Gasteiger partial charge in [-0.25, -0.2) is 0 Å². The lowest BCUT2D eigenvalue weighted by Crippen LogP contribution is -2.15. The molecule has 0 bridgehead atoms. The highest BCUT2D eigenvalue weighted by atomic mass is 32.2. The van der Waals surface area contributed by atoms with Gasteiger partial charge in [-0.15, -0.1) is 10.2 Å². The van der Waals surface area contributed by atoms with Crippen molar-refractivity contribution in [3.63, 3.8) is 0 Å². The summed E-state index contributed by atoms with van der Waals surface area (Å²) in [6.07, 6.45) is 5.31. The van der Waals surface area contributed by atoms with Gasteiger partial charge in [0.15, 0.2) is 0 Å². The first-order valence-corrected chi connectivity index (χ1v) is 5.62. The van der Waals surface area contributed by atoms with Gasteiger partial charge in [0.2, 0.25) is 5.16 Å². The zero-order chi connectivity index (χ0) is 9.10. The van der Waals surface area contributed by atoms with Crippen LogP contribution in [-0.4, -0.2) is 25.9 Å². The number of tetrazole rings is 1. The molecule has 0 saturated heterocycles. The van der Waals surface area contributed by atoms with Gasteiger partial charge in [0.25, 0.3) is 0 Å². The number of hydrogen-bond donors (Lipinski definition) is 1. The molecule has 1 saturated carbocycles. The van der Waals surface area contributed by atoms with Gasteiger partial charge >= 0.3 is 0 Å². The second kappa shape index (κ2) is 4.09. The van der Waals surface area contributed by atoms with Crippen molar-refractivity contribution in [2.24, 2.45) is 5.92 Å². The first-order chi connectivity index (χ1) is 6.34. The number of nitrogens with one attached hydrogen (secondary N) is 1. The molecule has 2 unspecified atom stereocenters. The van der Waals surface area contributed by atoms with Crippen LogP contribution in [0.5, 0.6) is 0 Å². The Bertz CT molecular complexity index is 249. The van der Waals surface area contributed by atoms with Crippen molar-refractivity contribution in [1.82, 2.24) is 20.6 Å². The SMILES string of the molecule is CC1CCCC(Sc2nn[nH]n2)C1. The summed E-state index contributed by atoms with van der Waals surface area (Å²) in [4.78, 5) is 0. The van der Waals surface area contributed by atoms with Crippen LogP contribution < -0.4 is 0 Å². The molecule has 1 aliphatic carbocycles. The number of aromatic nitrogens is 4. The molecule has 0 aromatic carbocycles. The standard InChI is InChI=1S/C8H14N4S/c1-6-3-2-4-7(5-6)13-8-9-11-12-10-8/h6-7H,2-5H2,1H3,(H,9,10,11,12). The average Bonchev–Trinajstić information content (AvgIpc) is 2.57. The maximum Gasteiger partial charge on any atom is 0.231 e. The third-order valence-electron chi connectivity index (χ3n) is 2.49. The van der Waals surface area contributed by atoms with Gasteiger partial charge in [0.05, 0.1) is 0 Å². The summed E-state index contributed by atoms with van der Waals surface area (Å²) in [7, 11) is 0. The van der Waals surface area contributed by atoms with Crippen LogP contribution in [-0.2, 0) is 0 Å². The van der Waals surface area contributed by atoms with E-state index in [9.17, 15) is 0 Å². The molecule has 1 fully saturated rings. The summed E-state index contributed by atoms with van der Waals surface area (Å²) in [5.41, 5.74) is 0. The van der Waals surface area contributed by atoms with E-state index in [2.05, 4.69) is 27.5 Å². The first kappa shape index (κ1) is 8.99. The minimum absolute atomic E-state index is 0.696. The van der Waals surface area contributed by atoms with Crippen LogP contribution in [0.4, 0.5) is 0 Å². The minimum Gasteiger partial charge on any atom is -0.176 e. The van der Waals surface area contributed by atoms with Crippen LogP contribution >= 0.6 is 11.8 Å². The minimum atomic E-state index is 0.696. The molecule has 2 rings (SSSR count). The van der Waals surface area contributed by atoms with Crippen LogP contribution in [0, 0.1) is 5.92 Å². The highest BCUT2D eigenvalue weighted by Crippen LogP contribution is 2.34. The Morgan fingerprint density at radius 1 is 1.46 bits per heavy atom. The second-order valence-electron chi connectivity index (χ2n) is 3.71. The van der Waals surface area contributed by atoms with Crippen molar-refractivity contribution in [2.45, 2.75) is 43.0 Å². The Morgan fingerprint density at radius 3 is 3.08 bits per heavy atom. The topological polar surface area (TPSA) is 54.5 Å². The van der Waals surface area contributed by atoms with Crippen LogP contribution in [0.2, 0.25) is 0 Å². The summed E-state index contributed by atoms with van der Waals surface area (Å²) in [6.45, 7) is 2.32. The van der Waals surface area contributed by atoms with E-state index < -0.39 is 0 Å². The molecule has 0 amide bonds. The number of rotatable bonds is 2. The quantitative estimate of drug-likeness (QED) is 0.788. The van der Waals surface area contributed by atoms with Gasteiger partial charge in [0, 0.05) is 5.25 Å². The Labute approximate surface area is 81.9 Å². The fourth-order valence-electron chi connectivity index (χ4n) is 1.84. The number of hydrogen-bond acceptors (Lipinski definition) is 4. The maximum absolute atomic E-state index is 3.95. The maximum atomic E-state index is 3.95. The molecule has 0 radical (unpaired) electrons. The molecule has 1 aromatic heterocycles. The van der Waals surface area contributed by atoms with Crippen LogP contribution in [0.3, 0.4) is 0 Å². The van der Waals surface area contributed by atoms with Crippen LogP contribution in [0.25, 0.3) is 0 Å². The number of thioether (sulfide) groups is 1. The molecule has 5 heteroatoms. The van der Waals surface area contributed by atoms with E-state index in [0.717, 1.165) is 11.1 Å². The highest BCUT2D eigenvalue weighted by Gasteiger charge is 2.20. The van der Waals surface area contributed by atoms with Crippen LogP contribution in [0.1, 0.15) is 32.6 Å². The van der Waals surface area contributed by atoms with Crippen molar-refractivity contribution < 1.29 is 0 Å². The monoisotopic (exact) mass is 198 g/mol. The lowest BCUT2D eigenvalue weighted by Gasteiger charge is -2.24. The molecular weight excluding hydrogens is 184 g/mol. The molecule has 4 nitrogen and oxygen atoms in total. The lowest BCUT2D eigenvalue weighted by atomic mass is 9.91.